The molecule has 1 fully saturated rings. The largest absolute Gasteiger partial charge is 0.303 e. The van der Waals surface area contributed by atoms with Crippen molar-refractivity contribution < 1.29 is 0 Å². The third kappa shape index (κ3) is 4.00. The van der Waals surface area contributed by atoms with Crippen molar-refractivity contribution in [2.75, 3.05) is 19.6 Å². The number of hydrogen-bond acceptors (Lipinski definition) is 2. The molecule has 1 N–H and O–H groups in total. The van der Waals surface area contributed by atoms with Crippen molar-refractivity contribution in [2.24, 2.45) is 0 Å². The molecule has 1 unspecified atom stereocenters. The van der Waals surface area contributed by atoms with Crippen molar-refractivity contribution >= 4 is 11.6 Å². The van der Waals surface area contributed by atoms with Gasteiger partial charge >= 0.3 is 0 Å². The molecule has 4 heteroatoms. The van der Waals surface area contributed by atoms with E-state index in [9.17, 15) is 0 Å². The summed E-state index contributed by atoms with van der Waals surface area (Å²) in [5, 5.41) is 7.72. The summed E-state index contributed by atoms with van der Waals surface area (Å²) in [7, 11) is 0. The molecule has 1 aliphatic heterocycles. The van der Waals surface area contributed by atoms with Gasteiger partial charge in [0, 0.05) is 22.7 Å². The molecule has 0 radical (unpaired) electrons. The standard InChI is InChI=1S/C22H24ClN3/c23-21-9-7-19(8-10-21)22(11-14-26-12-1-2-13-26)18-5-3-17(4-6-18)20-15-24-25-16-20/h3-10,15-16,22H,1-2,11-14H2,(H,24,25). The van der Waals surface area contributed by atoms with Crippen LogP contribution in [-0.2, 0) is 0 Å². The van der Waals surface area contributed by atoms with Crippen LogP contribution >= 0.6 is 11.6 Å². The van der Waals surface area contributed by atoms with Gasteiger partial charge in [-0.3, -0.25) is 5.10 Å². The van der Waals surface area contributed by atoms with E-state index in [2.05, 4.69) is 51.5 Å². The molecule has 3 nitrogen and oxygen atoms in total. The minimum absolute atomic E-state index is 0.395. The Morgan fingerprint density at radius 1 is 0.923 bits per heavy atom. The molecule has 1 aliphatic rings. The maximum absolute atomic E-state index is 6.10. The normalized spacial score (nSPS) is 16.0. The third-order valence-corrected chi connectivity index (χ3v) is 5.60. The molecule has 1 aromatic heterocycles. The number of aromatic amines is 1. The number of benzene rings is 2. The summed E-state index contributed by atoms with van der Waals surface area (Å²) in [5.41, 5.74) is 5.01. The Hall–Kier alpha value is -2.10. The molecule has 2 heterocycles. The monoisotopic (exact) mass is 365 g/mol. The fourth-order valence-electron chi connectivity index (χ4n) is 3.86. The average Bonchev–Trinajstić information content (AvgIpc) is 3.38. The van der Waals surface area contributed by atoms with Gasteiger partial charge < -0.3 is 4.90 Å². The lowest BCUT2D eigenvalue weighted by Gasteiger charge is -2.22. The first kappa shape index (κ1) is 17.3. The number of H-pyrrole nitrogens is 1. The van der Waals surface area contributed by atoms with Crippen molar-refractivity contribution in [3.05, 3.63) is 77.1 Å². The van der Waals surface area contributed by atoms with E-state index >= 15 is 0 Å². The number of nitrogens with one attached hydrogen (secondary N) is 1. The summed E-state index contributed by atoms with van der Waals surface area (Å²) >= 11 is 6.10. The second-order valence-electron chi connectivity index (χ2n) is 7.05. The van der Waals surface area contributed by atoms with E-state index in [4.69, 9.17) is 11.6 Å². The van der Waals surface area contributed by atoms with Gasteiger partial charge in [-0.1, -0.05) is 48.0 Å². The number of aromatic nitrogens is 2. The van der Waals surface area contributed by atoms with E-state index in [-0.39, 0.29) is 0 Å². The van der Waals surface area contributed by atoms with Gasteiger partial charge in [0.1, 0.15) is 0 Å². The molecular weight excluding hydrogens is 342 g/mol. The highest BCUT2D eigenvalue weighted by Crippen LogP contribution is 2.31. The van der Waals surface area contributed by atoms with E-state index in [1.807, 2.05) is 24.5 Å². The minimum Gasteiger partial charge on any atom is -0.303 e. The van der Waals surface area contributed by atoms with Crippen molar-refractivity contribution in [3.8, 4) is 11.1 Å². The number of likely N-dealkylation sites (tertiary alicyclic amines) is 1. The molecule has 1 atom stereocenters. The molecule has 0 spiro atoms. The first-order valence-corrected chi connectivity index (χ1v) is 9.74. The summed E-state index contributed by atoms with van der Waals surface area (Å²) < 4.78 is 0. The van der Waals surface area contributed by atoms with Crippen molar-refractivity contribution in [3.63, 3.8) is 0 Å². The van der Waals surface area contributed by atoms with Gasteiger partial charge in [0.15, 0.2) is 0 Å². The highest BCUT2D eigenvalue weighted by Gasteiger charge is 2.18. The Morgan fingerprint density at radius 3 is 2.19 bits per heavy atom. The van der Waals surface area contributed by atoms with Crippen LogP contribution in [0, 0.1) is 0 Å². The number of nitrogens with zero attached hydrogens (tertiary/aromatic N) is 2. The second-order valence-corrected chi connectivity index (χ2v) is 7.49. The maximum Gasteiger partial charge on any atom is 0.0565 e. The molecule has 0 saturated carbocycles. The molecular formula is C22H24ClN3. The molecule has 26 heavy (non-hydrogen) atoms. The summed E-state index contributed by atoms with van der Waals surface area (Å²) in [6.45, 7) is 3.64. The van der Waals surface area contributed by atoms with Crippen LogP contribution in [0.5, 0.6) is 0 Å². The SMILES string of the molecule is Clc1ccc(C(CCN2CCCC2)c2ccc(-c3cn[nH]c3)cc2)cc1. The molecule has 0 aliphatic carbocycles. The van der Waals surface area contributed by atoms with E-state index in [0.717, 1.165) is 23.6 Å². The summed E-state index contributed by atoms with van der Waals surface area (Å²) in [6.07, 6.45) is 7.60. The molecule has 1 saturated heterocycles. The van der Waals surface area contributed by atoms with Crippen LogP contribution in [0.2, 0.25) is 5.02 Å². The minimum atomic E-state index is 0.395. The highest BCUT2D eigenvalue weighted by atomic mass is 35.5. The molecule has 0 amide bonds. The third-order valence-electron chi connectivity index (χ3n) is 5.35. The van der Waals surface area contributed by atoms with Crippen LogP contribution in [0.3, 0.4) is 0 Å². The lowest BCUT2D eigenvalue weighted by molar-refractivity contribution is 0.327. The van der Waals surface area contributed by atoms with Crippen molar-refractivity contribution in [1.82, 2.24) is 15.1 Å². The Morgan fingerprint density at radius 2 is 1.58 bits per heavy atom. The maximum atomic E-state index is 6.10. The predicted octanol–water partition coefficient (Wildman–Crippen LogP) is 5.35. The van der Waals surface area contributed by atoms with Gasteiger partial charge in [-0.15, -0.1) is 0 Å². The van der Waals surface area contributed by atoms with Gasteiger partial charge in [-0.2, -0.15) is 5.10 Å². The van der Waals surface area contributed by atoms with Gasteiger partial charge in [0.05, 0.1) is 6.20 Å². The number of rotatable bonds is 6. The van der Waals surface area contributed by atoms with Crippen molar-refractivity contribution in [2.45, 2.75) is 25.2 Å². The van der Waals surface area contributed by atoms with E-state index in [1.54, 1.807) is 0 Å². The number of halogens is 1. The van der Waals surface area contributed by atoms with Gasteiger partial charge in [-0.05, 0) is 67.7 Å². The Bertz CT molecular complexity index is 804. The van der Waals surface area contributed by atoms with E-state index in [0.29, 0.717) is 5.92 Å². The predicted molar refractivity (Wildman–Crippen MR) is 108 cm³/mol. The Labute approximate surface area is 160 Å². The van der Waals surface area contributed by atoms with Gasteiger partial charge in [-0.25, -0.2) is 0 Å². The smallest absolute Gasteiger partial charge is 0.0565 e. The molecule has 2 aromatic carbocycles. The average molecular weight is 366 g/mol. The molecule has 4 rings (SSSR count). The molecule has 3 aromatic rings. The lowest BCUT2D eigenvalue weighted by Crippen LogP contribution is -2.22. The first-order chi connectivity index (χ1) is 12.8. The fourth-order valence-corrected chi connectivity index (χ4v) is 3.98. The lowest BCUT2D eigenvalue weighted by atomic mass is 9.87. The van der Waals surface area contributed by atoms with Crippen LogP contribution in [0.4, 0.5) is 0 Å². The van der Waals surface area contributed by atoms with Crippen LogP contribution in [0.25, 0.3) is 11.1 Å². The quantitative estimate of drug-likeness (QED) is 0.638. The van der Waals surface area contributed by atoms with Crippen LogP contribution < -0.4 is 0 Å². The van der Waals surface area contributed by atoms with Crippen molar-refractivity contribution in [1.29, 1.82) is 0 Å². The molecule has 134 valence electrons. The zero-order chi connectivity index (χ0) is 17.8. The fraction of sp³-hybridized carbons (Fsp3) is 0.318. The van der Waals surface area contributed by atoms with Gasteiger partial charge in [0.2, 0.25) is 0 Å². The van der Waals surface area contributed by atoms with Gasteiger partial charge in [0.25, 0.3) is 0 Å². The van der Waals surface area contributed by atoms with Crippen LogP contribution in [0.1, 0.15) is 36.3 Å². The second kappa shape index (κ2) is 8.07. The Kier molecular flexibility index (Phi) is 5.37. The molecule has 0 bridgehead atoms. The highest BCUT2D eigenvalue weighted by molar-refractivity contribution is 6.30. The van der Waals surface area contributed by atoms with E-state index in [1.165, 1.54) is 42.6 Å². The van der Waals surface area contributed by atoms with E-state index < -0.39 is 0 Å². The zero-order valence-corrected chi connectivity index (χ0v) is 15.6. The summed E-state index contributed by atoms with van der Waals surface area (Å²) in [5.74, 6) is 0.395. The van der Waals surface area contributed by atoms with Crippen LogP contribution in [-0.4, -0.2) is 34.7 Å². The summed E-state index contributed by atoms with van der Waals surface area (Å²) in [6, 6.07) is 17.2. The summed E-state index contributed by atoms with van der Waals surface area (Å²) in [4.78, 5) is 2.59. The Balaban J connectivity index is 1.57. The van der Waals surface area contributed by atoms with Crippen LogP contribution in [0.15, 0.2) is 60.9 Å². The first-order valence-electron chi connectivity index (χ1n) is 9.36. The number of hydrogen-bond donors (Lipinski definition) is 1. The topological polar surface area (TPSA) is 31.9 Å². The zero-order valence-electron chi connectivity index (χ0n) is 14.9.